The topological polar surface area (TPSA) is 42.4 Å². The third kappa shape index (κ3) is 3.74. The van der Waals surface area contributed by atoms with Crippen LogP contribution in [0.5, 0.6) is 5.75 Å². The van der Waals surface area contributed by atoms with Gasteiger partial charge in [0, 0.05) is 6.04 Å². The molecule has 6 rings (SSSR count). The number of amides is 1. The summed E-state index contributed by atoms with van der Waals surface area (Å²) in [6.07, 6.45) is 2.09. The minimum atomic E-state index is -0.288. The van der Waals surface area contributed by atoms with Crippen molar-refractivity contribution in [1.29, 1.82) is 0 Å². The quantitative estimate of drug-likeness (QED) is 0.525. The maximum atomic E-state index is 13.8. The molecule has 3 fully saturated rings. The van der Waals surface area contributed by atoms with Crippen LogP contribution >= 0.6 is 11.3 Å². The molecule has 2 aromatic carbocycles. The number of aromatic nitrogens is 1. The second-order valence-electron chi connectivity index (χ2n) is 8.57. The zero-order valence-electron chi connectivity index (χ0n) is 17.6. The molecule has 3 heterocycles. The van der Waals surface area contributed by atoms with Crippen LogP contribution in [0.2, 0.25) is 0 Å². The van der Waals surface area contributed by atoms with Crippen molar-refractivity contribution < 1.29 is 13.9 Å². The molecule has 31 heavy (non-hydrogen) atoms. The normalized spacial score (nSPS) is 24.5. The Morgan fingerprint density at radius 2 is 1.87 bits per heavy atom. The molecule has 6 heteroatoms. The smallest absolute Gasteiger partial charge is 0.274 e. The van der Waals surface area contributed by atoms with Crippen LogP contribution in [-0.4, -0.2) is 34.5 Å². The van der Waals surface area contributed by atoms with Crippen molar-refractivity contribution in [2.75, 3.05) is 6.61 Å². The summed E-state index contributed by atoms with van der Waals surface area (Å²) >= 11 is 1.56. The average Bonchev–Trinajstić information content (AvgIpc) is 3.14. The van der Waals surface area contributed by atoms with Gasteiger partial charge >= 0.3 is 0 Å². The van der Waals surface area contributed by atoms with Gasteiger partial charge in [-0.05, 0) is 61.4 Å². The van der Waals surface area contributed by atoms with Gasteiger partial charge in [0.05, 0.1) is 15.9 Å². The maximum absolute atomic E-state index is 13.8. The van der Waals surface area contributed by atoms with Crippen LogP contribution < -0.4 is 4.74 Å². The van der Waals surface area contributed by atoms with Crippen molar-refractivity contribution in [3.05, 3.63) is 71.1 Å². The first-order valence-electron chi connectivity index (χ1n) is 10.7. The molecule has 0 N–H and O–H groups in total. The predicted octanol–water partition coefficient (Wildman–Crippen LogP) is 5.58. The second kappa shape index (κ2) is 8.08. The Bertz CT molecular complexity index is 1080. The summed E-state index contributed by atoms with van der Waals surface area (Å²) in [5.74, 6) is 1.29. The second-order valence-corrected chi connectivity index (χ2v) is 9.77. The van der Waals surface area contributed by atoms with Crippen LogP contribution in [0.4, 0.5) is 4.39 Å². The van der Waals surface area contributed by atoms with Crippen LogP contribution in [-0.2, 0) is 0 Å². The van der Waals surface area contributed by atoms with E-state index in [-0.39, 0.29) is 23.8 Å². The Morgan fingerprint density at radius 3 is 2.58 bits per heavy atom. The Labute approximate surface area is 185 Å². The first-order valence-corrected chi connectivity index (χ1v) is 11.6. The fourth-order valence-corrected chi connectivity index (χ4v) is 5.78. The fraction of sp³-hybridized carbons (Fsp3) is 0.360. The van der Waals surface area contributed by atoms with Crippen molar-refractivity contribution in [1.82, 2.24) is 9.88 Å². The number of hydrogen-bond donors (Lipinski definition) is 0. The lowest BCUT2D eigenvalue weighted by molar-refractivity contribution is -0.0672. The van der Waals surface area contributed by atoms with E-state index < -0.39 is 0 Å². The molecule has 0 unspecified atom stereocenters. The number of piperidine rings is 2. The van der Waals surface area contributed by atoms with Crippen molar-refractivity contribution >= 4 is 17.2 Å². The molecule has 4 nitrogen and oxygen atoms in total. The molecule has 0 spiro atoms. The highest BCUT2D eigenvalue weighted by Gasteiger charge is 2.51. The van der Waals surface area contributed by atoms with E-state index in [1.165, 1.54) is 12.1 Å². The minimum absolute atomic E-state index is 0.00842. The highest BCUT2D eigenvalue weighted by atomic mass is 32.1. The lowest BCUT2D eigenvalue weighted by Crippen LogP contribution is -2.64. The van der Waals surface area contributed by atoms with E-state index in [1.54, 1.807) is 23.5 Å². The van der Waals surface area contributed by atoms with Crippen LogP contribution in [0, 0.1) is 24.6 Å². The number of ether oxygens (including phenoxy) is 1. The molecule has 1 saturated carbocycles. The van der Waals surface area contributed by atoms with Gasteiger partial charge in [0.25, 0.3) is 5.91 Å². The molecule has 1 aliphatic carbocycles. The first kappa shape index (κ1) is 20.2. The van der Waals surface area contributed by atoms with E-state index in [2.05, 4.69) is 11.9 Å². The number of rotatable bonds is 5. The summed E-state index contributed by atoms with van der Waals surface area (Å²) in [6, 6.07) is 16.3. The van der Waals surface area contributed by atoms with Crippen molar-refractivity contribution in [3.8, 4) is 16.2 Å². The maximum Gasteiger partial charge on any atom is 0.274 e. The highest BCUT2D eigenvalue weighted by molar-refractivity contribution is 7.15. The van der Waals surface area contributed by atoms with E-state index >= 15 is 0 Å². The number of fused-ring (bicyclic) bond motifs is 2. The molecule has 1 amide bonds. The summed E-state index contributed by atoms with van der Waals surface area (Å²) in [5, 5.41) is 0.887. The highest BCUT2D eigenvalue weighted by Crippen LogP contribution is 2.47. The van der Waals surface area contributed by atoms with Gasteiger partial charge in [0.15, 0.2) is 0 Å². The SMILES string of the molecule is Cc1nc(C(=O)N2C3CC(C3)[C@@H](C)[C@H]2COc2ccc(F)cc2)c(-c2ccccc2)s1. The largest absolute Gasteiger partial charge is 0.491 e. The van der Waals surface area contributed by atoms with E-state index in [0.717, 1.165) is 28.3 Å². The number of benzene rings is 2. The van der Waals surface area contributed by atoms with Crippen LogP contribution in [0.15, 0.2) is 54.6 Å². The van der Waals surface area contributed by atoms with Crippen LogP contribution in [0.1, 0.15) is 35.3 Å². The molecule has 3 aliphatic rings. The van der Waals surface area contributed by atoms with Crippen LogP contribution in [0.3, 0.4) is 0 Å². The zero-order chi connectivity index (χ0) is 21.5. The van der Waals surface area contributed by atoms with Gasteiger partial charge in [0.2, 0.25) is 0 Å². The number of hydrogen-bond acceptors (Lipinski definition) is 4. The molecule has 1 aromatic heterocycles. The van der Waals surface area contributed by atoms with Gasteiger partial charge in [-0.25, -0.2) is 9.37 Å². The van der Waals surface area contributed by atoms with Crippen molar-refractivity contribution in [2.24, 2.45) is 11.8 Å². The Kier molecular flexibility index (Phi) is 5.26. The monoisotopic (exact) mass is 436 g/mol. The molecule has 3 aromatic rings. The predicted molar refractivity (Wildman–Crippen MR) is 120 cm³/mol. The van der Waals surface area contributed by atoms with E-state index in [0.29, 0.717) is 29.9 Å². The molecule has 2 bridgehead atoms. The Balaban J connectivity index is 1.43. The number of carbonyl (C=O) groups excluding carboxylic acids is 1. The molecule has 160 valence electrons. The third-order valence-electron chi connectivity index (χ3n) is 6.69. The summed E-state index contributed by atoms with van der Waals surface area (Å²) in [5.41, 5.74) is 1.56. The summed E-state index contributed by atoms with van der Waals surface area (Å²) in [7, 11) is 0. The Morgan fingerprint density at radius 1 is 1.16 bits per heavy atom. The number of carbonyl (C=O) groups is 1. The fourth-order valence-electron chi connectivity index (χ4n) is 4.87. The lowest BCUT2D eigenvalue weighted by atomic mass is 9.64. The third-order valence-corrected chi connectivity index (χ3v) is 7.71. The summed E-state index contributed by atoms with van der Waals surface area (Å²) < 4.78 is 19.2. The van der Waals surface area contributed by atoms with E-state index in [9.17, 15) is 9.18 Å². The van der Waals surface area contributed by atoms with Crippen LogP contribution in [0.25, 0.3) is 10.4 Å². The van der Waals surface area contributed by atoms with Gasteiger partial charge in [-0.2, -0.15) is 0 Å². The van der Waals surface area contributed by atoms with Gasteiger partial charge in [-0.1, -0.05) is 37.3 Å². The molecule has 2 aliphatic heterocycles. The number of aryl methyl sites for hydroxylation is 1. The molecular weight excluding hydrogens is 411 g/mol. The molecule has 2 saturated heterocycles. The van der Waals surface area contributed by atoms with Gasteiger partial charge in [-0.15, -0.1) is 11.3 Å². The van der Waals surface area contributed by atoms with E-state index in [4.69, 9.17) is 4.74 Å². The van der Waals surface area contributed by atoms with Crippen molar-refractivity contribution in [2.45, 2.75) is 38.8 Å². The lowest BCUT2D eigenvalue weighted by Gasteiger charge is -2.57. The molecule has 0 radical (unpaired) electrons. The number of thiazole rings is 1. The van der Waals surface area contributed by atoms with Gasteiger partial charge in [-0.3, -0.25) is 4.79 Å². The van der Waals surface area contributed by atoms with E-state index in [1.807, 2.05) is 42.2 Å². The van der Waals surface area contributed by atoms with Gasteiger partial charge < -0.3 is 9.64 Å². The summed E-state index contributed by atoms with van der Waals surface area (Å²) in [4.78, 5) is 21.4. The Hall–Kier alpha value is -2.73. The first-order chi connectivity index (χ1) is 15.0. The zero-order valence-corrected chi connectivity index (χ0v) is 18.4. The number of nitrogens with zero attached hydrogens (tertiary/aromatic N) is 2. The number of halogens is 1. The molecule has 2 atom stereocenters. The average molecular weight is 437 g/mol. The standard InChI is InChI=1S/C25H25FN2O2S/c1-15-18-12-20(13-18)28(22(15)14-30-21-10-8-19(26)9-11-21)25(29)23-24(31-16(2)27-23)17-6-4-3-5-7-17/h3-11,15,18,20,22H,12-14H2,1-2H3/t15-,18?,20?,22-/m1/s1. The van der Waals surface area contributed by atoms with Gasteiger partial charge in [0.1, 0.15) is 23.9 Å². The van der Waals surface area contributed by atoms with Crippen molar-refractivity contribution in [3.63, 3.8) is 0 Å². The molecular formula is C25H25FN2O2S. The summed E-state index contributed by atoms with van der Waals surface area (Å²) in [6.45, 7) is 4.56. The minimum Gasteiger partial charge on any atom is -0.491 e.